The number of hydroxylamine groups is 2. The van der Waals surface area contributed by atoms with E-state index < -0.39 is 238 Å². The highest BCUT2D eigenvalue weighted by atomic mass is 16.7. The van der Waals surface area contributed by atoms with Gasteiger partial charge >= 0.3 is 6.03 Å². The van der Waals surface area contributed by atoms with Crippen LogP contribution in [-0.2, 0) is 52.1 Å². The number of urea groups is 1. The van der Waals surface area contributed by atoms with E-state index in [0.717, 1.165) is 19.3 Å². The number of hydrogen-bond donors (Lipinski definition) is 33. The molecule has 4 aliphatic carbocycles. The minimum atomic E-state index is -1.81. The van der Waals surface area contributed by atoms with Gasteiger partial charge in [0, 0.05) is 99.1 Å². The Kier molecular flexibility index (Phi) is 38.7. The Bertz CT molecular complexity index is 3270. The topological polar surface area (TPSA) is 765 Å². The van der Waals surface area contributed by atoms with Gasteiger partial charge in [-0.1, -0.05) is 0 Å². The molecule has 10 aliphatic rings. The fourth-order valence-corrected chi connectivity index (χ4v) is 18.6. The summed E-state index contributed by atoms with van der Waals surface area (Å²) < 4.78 is 69.5. The van der Waals surface area contributed by atoms with Crippen molar-refractivity contribution in [1.29, 1.82) is 0 Å². The van der Waals surface area contributed by atoms with Gasteiger partial charge in [0.2, 0.25) is 6.29 Å². The second-order valence-electron chi connectivity index (χ2n) is 35.8. The lowest BCUT2D eigenvalue weighted by atomic mass is 9.72. The highest BCUT2D eigenvalue weighted by Gasteiger charge is 2.58. The third-order valence-electron chi connectivity index (χ3n) is 25.5. The van der Waals surface area contributed by atoms with Crippen LogP contribution in [0.25, 0.3) is 0 Å². The number of hydrogen-bond acceptors (Lipinski definition) is 44. The van der Waals surface area contributed by atoms with Crippen LogP contribution >= 0.6 is 0 Å². The minimum absolute atomic E-state index is 0.0262. The van der Waals surface area contributed by atoms with Crippen LogP contribution in [-0.4, -0.2) is 422 Å². The lowest BCUT2D eigenvalue weighted by Crippen LogP contribution is -2.70. The summed E-state index contributed by atoms with van der Waals surface area (Å²) in [4.78, 5) is 13.4. The summed E-state index contributed by atoms with van der Waals surface area (Å²) in [5, 5.41) is 183. The van der Waals surface area contributed by atoms with Crippen molar-refractivity contribution in [3.05, 3.63) is 35.5 Å². The van der Waals surface area contributed by atoms with E-state index in [9.17, 15) is 71.3 Å². The van der Waals surface area contributed by atoms with E-state index in [4.69, 9.17) is 109 Å². The number of ether oxygens (including phenoxy) is 11. The second kappa shape index (κ2) is 46.9. The second-order valence-corrected chi connectivity index (χ2v) is 35.8. The fourth-order valence-electron chi connectivity index (χ4n) is 18.6. The quantitative estimate of drug-likeness (QED) is 0.0117. The summed E-state index contributed by atoms with van der Waals surface area (Å²) in [6.45, 7) is 3.77. The van der Waals surface area contributed by atoms with Gasteiger partial charge in [0.25, 0.3) is 0 Å². The molecule has 712 valence electrons. The Morgan fingerprint density at radius 2 is 1.09 bits per heavy atom. The average Bonchev–Trinajstić information content (AvgIpc) is 0.765. The standard InChI is InChI=1S/C77H149N21O25/c1-75(109)31-114-71(58(105)67(75)88-4)121-64-50(20-48(87)63(57(64)104)120-70-49(11-8-41(21-80)119-70)92-22-36-16-37(81)17-36)93-25-40(101)24-91-34-94-68-59(106)72(115-32-76(68,2)110)122-65-51(18-46(85)53(55(65)102)62-45(84)10-7-43(118-62)27-90-23-38(82)28-99)96-39(29-100)30-113-35-95-69-60(107)73(116-33-77(69,3)111)123-66-52(97-74(108)98(112)15-13-79)19-47(86)54(56(66)103)61-44(83)9-6-42(117-61)26-89-14-5-12-78/h6-8,36-40,44-73,88-96,99-107,109-112H,5,9-35,78-87H2,1-4H3,(H,97,108). The third-order valence-corrected chi connectivity index (χ3v) is 25.5. The van der Waals surface area contributed by atoms with Crippen molar-refractivity contribution in [1.82, 2.24) is 58.2 Å². The summed E-state index contributed by atoms with van der Waals surface area (Å²) in [5.74, 6) is 0.0686. The molecule has 46 heteroatoms. The number of nitrogens with two attached hydrogens (primary N) is 10. The lowest BCUT2D eigenvalue weighted by molar-refractivity contribution is -0.304. The van der Waals surface area contributed by atoms with Crippen LogP contribution in [0, 0.1) is 17.8 Å². The molecule has 7 fully saturated rings. The van der Waals surface area contributed by atoms with E-state index in [1.807, 2.05) is 12.2 Å². The Balaban J connectivity index is 0.784. The molecule has 0 bridgehead atoms. The summed E-state index contributed by atoms with van der Waals surface area (Å²) in [6, 6.07) is -12.8. The highest BCUT2D eigenvalue weighted by Crippen LogP contribution is 2.41. The van der Waals surface area contributed by atoms with Crippen molar-refractivity contribution >= 4 is 6.03 Å². The molecular formula is C77H149N21O25. The highest BCUT2D eigenvalue weighted by molar-refractivity contribution is 5.73. The zero-order valence-electron chi connectivity index (χ0n) is 71.2. The molecule has 6 heterocycles. The maximum Gasteiger partial charge on any atom is 0.341 e. The molecule has 123 heavy (non-hydrogen) atoms. The van der Waals surface area contributed by atoms with Crippen LogP contribution in [0.2, 0.25) is 0 Å². The van der Waals surface area contributed by atoms with Crippen molar-refractivity contribution in [3.63, 3.8) is 0 Å². The molecular weight excluding hydrogens is 1620 g/mol. The van der Waals surface area contributed by atoms with Gasteiger partial charge in [0.1, 0.15) is 95.1 Å². The van der Waals surface area contributed by atoms with Crippen molar-refractivity contribution in [3.8, 4) is 0 Å². The fraction of sp³-hybridized carbons (Fsp3) is 0.909. The molecule has 6 aliphatic heterocycles. The van der Waals surface area contributed by atoms with Crippen molar-refractivity contribution < 1.29 is 123 Å². The molecule has 0 aromatic carbocycles. The first-order valence-electron chi connectivity index (χ1n) is 43.5. The van der Waals surface area contributed by atoms with E-state index in [-0.39, 0.29) is 110 Å². The van der Waals surface area contributed by atoms with Gasteiger partial charge < -0.3 is 213 Å². The van der Waals surface area contributed by atoms with Gasteiger partial charge in [-0.25, -0.2) is 9.86 Å². The summed E-state index contributed by atoms with van der Waals surface area (Å²) in [7, 11) is 1.58. The summed E-state index contributed by atoms with van der Waals surface area (Å²) >= 11 is 0. The molecule has 0 radical (unpaired) electrons. The van der Waals surface area contributed by atoms with Crippen LogP contribution in [0.4, 0.5) is 4.79 Å². The van der Waals surface area contributed by atoms with E-state index in [2.05, 4.69) is 53.2 Å². The van der Waals surface area contributed by atoms with E-state index in [1.54, 1.807) is 13.1 Å². The maximum atomic E-state index is 13.4. The zero-order valence-corrected chi connectivity index (χ0v) is 71.2. The minimum Gasteiger partial charge on any atom is -0.492 e. The molecule has 3 saturated heterocycles. The molecule has 43 N–H and O–H groups in total. The van der Waals surface area contributed by atoms with Crippen LogP contribution in [0.5, 0.6) is 0 Å². The van der Waals surface area contributed by atoms with Crippen molar-refractivity contribution in [2.75, 3.05) is 132 Å². The van der Waals surface area contributed by atoms with E-state index >= 15 is 0 Å². The Morgan fingerprint density at radius 1 is 0.561 bits per heavy atom. The van der Waals surface area contributed by atoms with Gasteiger partial charge in [0.15, 0.2) is 18.9 Å². The molecule has 4 saturated carbocycles. The van der Waals surface area contributed by atoms with Crippen molar-refractivity contribution in [2.24, 2.45) is 75.1 Å². The Hall–Kier alpha value is -3.71. The van der Waals surface area contributed by atoms with E-state index in [1.165, 1.54) is 20.8 Å². The molecule has 36 unspecified atom stereocenters. The van der Waals surface area contributed by atoms with Crippen molar-refractivity contribution in [2.45, 2.75) is 291 Å². The predicted molar refractivity (Wildman–Crippen MR) is 442 cm³/mol. The normalized spacial score (nSPS) is 42.5. The van der Waals surface area contributed by atoms with Gasteiger partial charge in [-0.05, 0) is 129 Å². The number of aliphatic hydroxyl groups excluding tert-OH is 9. The molecule has 0 aromatic heterocycles. The predicted octanol–water partition coefficient (Wildman–Crippen LogP) is -14.0. The number of amides is 2. The number of nitrogens with zero attached hydrogens (tertiary/aromatic N) is 1. The first-order valence-corrected chi connectivity index (χ1v) is 43.5. The summed E-state index contributed by atoms with van der Waals surface area (Å²) in [6.07, 6.45) is -13.4. The van der Waals surface area contributed by atoms with E-state index in [0.29, 0.717) is 73.7 Å². The van der Waals surface area contributed by atoms with Crippen LogP contribution < -0.4 is 111 Å². The van der Waals surface area contributed by atoms with Crippen LogP contribution in [0.3, 0.4) is 0 Å². The number of carbonyl (C=O) groups excluding carboxylic acids is 1. The molecule has 0 aromatic rings. The third kappa shape index (κ3) is 26.4. The average molecular weight is 1770 g/mol. The zero-order chi connectivity index (χ0) is 89.4. The smallest absolute Gasteiger partial charge is 0.341 e. The van der Waals surface area contributed by atoms with Crippen LogP contribution in [0.1, 0.15) is 78.6 Å². The lowest BCUT2D eigenvalue weighted by Gasteiger charge is -2.51. The van der Waals surface area contributed by atoms with Crippen LogP contribution in [0.15, 0.2) is 35.5 Å². The molecule has 0 spiro atoms. The molecule has 36 atom stereocenters. The monoisotopic (exact) mass is 1770 g/mol. The first kappa shape index (κ1) is 101. The molecule has 46 nitrogen and oxygen atoms in total. The van der Waals surface area contributed by atoms with Gasteiger partial charge in [-0.2, -0.15) is 0 Å². The van der Waals surface area contributed by atoms with Gasteiger partial charge in [-0.15, -0.1) is 0 Å². The Morgan fingerprint density at radius 3 is 1.64 bits per heavy atom. The number of likely N-dealkylation sites (N-methyl/N-ethyl adjacent to an activating group) is 1. The van der Waals surface area contributed by atoms with Gasteiger partial charge in [-0.3, -0.25) is 15.8 Å². The maximum absolute atomic E-state index is 13.4. The number of nitrogens with one attached hydrogen (secondary N) is 10. The molecule has 10 rings (SSSR count). The SMILES string of the molecule is CNC1C(O)C(OC2C(NCC(O)CNCNC3C(O)C(OC4C(NC(CO)COCNC5C(O)C(OC6C(NC(=O)N(O)CCN)CC(N)C(C7OC(CNCCCN)=CCC7N)C6O)OCC5(C)O)CC(N)C(C5OC(CNCC(N)CO)=CCC5N)C4O)OCC3(C)O)CC(N)C(OC3OC(CN)=CCC3NCC3CC(N)C3)C2O)OCC1(C)O. The largest absolute Gasteiger partial charge is 0.492 e. The first-order chi connectivity index (χ1) is 58.5. The number of aliphatic hydroxyl groups is 12. The molecule has 2 amide bonds. The number of carbonyl (C=O) groups is 1. The summed E-state index contributed by atoms with van der Waals surface area (Å²) in [5.41, 5.74) is 58.6. The Labute approximate surface area is 718 Å². The number of rotatable bonds is 44. The van der Waals surface area contributed by atoms with Gasteiger partial charge in [0.05, 0.1) is 127 Å².